The van der Waals surface area contributed by atoms with Crippen molar-refractivity contribution in [1.29, 1.82) is 0 Å². The molecule has 4 heterocycles. The molecular formula is C22H20N6O3. The highest BCUT2D eigenvalue weighted by molar-refractivity contribution is 5.91. The summed E-state index contributed by atoms with van der Waals surface area (Å²) in [6, 6.07) is 12.6. The maximum Gasteiger partial charge on any atom is 0.289 e. The van der Waals surface area contributed by atoms with Gasteiger partial charge in [0.1, 0.15) is 5.76 Å². The van der Waals surface area contributed by atoms with E-state index in [9.17, 15) is 9.59 Å². The van der Waals surface area contributed by atoms with E-state index in [1.807, 2.05) is 18.2 Å². The molecule has 1 fully saturated rings. The predicted molar refractivity (Wildman–Crippen MR) is 114 cm³/mol. The van der Waals surface area contributed by atoms with Crippen molar-refractivity contribution in [2.75, 3.05) is 31.1 Å². The van der Waals surface area contributed by atoms with Crippen molar-refractivity contribution in [1.82, 2.24) is 25.1 Å². The molecule has 1 saturated heterocycles. The second-order valence-corrected chi connectivity index (χ2v) is 7.32. The lowest BCUT2D eigenvalue weighted by molar-refractivity contribution is 0.0712. The van der Waals surface area contributed by atoms with Crippen LogP contribution in [0.1, 0.15) is 22.0 Å². The standard InChI is InChI=1S/C22H20N6O3/c29-20-17-5-2-1-4-16(17)18(25-26-20)14-15-6-7-19(31-15)21(30)27-10-12-28(13-11-27)22-23-8-3-9-24-22/h1-9H,10-14H2,(H,26,29). The Morgan fingerprint density at radius 1 is 0.968 bits per heavy atom. The first-order valence-electron chi connectivity index (χ1n) is 10.1. The zero-order chi connectivity index (χ0) is 21.2. The van der Waals surface area contributed by atoms with Gasteiger partial charge in [0.2, 0.25) is 5.95 Å². The summed E-state index contributed by atoms with van der Waals surface area (Å²) < 4.78 is 5.83. The first kappa shape index (κ1) is 19.0. The Labute approximate surface area is 177 Å². The minimum atomic E-state index is -0.227. The van der Waals surface area contributed by atoms with Crippen molar-refractivity contribution in [3.05, 3.63) is 82.4 Å². The van der Waals surface area contributed by atoms with E-state index in [0.29, 0.717) is 61.1 Å². The van der Waals surface area contributed by atoms with Crippen LogP contribution in [0.25, 0.3) is 10.8 Å². The van der Waals surface area contributed by atoms with Crippen molar-refractivity contribution in [3.8, 4) is 0 Å². The Morgan fingerprint density at radius 3 is 2.48 bits per heavy atom. The molecule has 1 N–H and O–H groups in total. The highest BCUT2D eigenvalue weighted by Crippen LogP contribution is 2.19. The maximum atomic E-state index is 12.9. The number of nitrogens with zero attached hydrogens (tertiary/aromatic N) is 5. The van der Waals surface area contributed by atoms with Crippen LogP contribution in [0.2, 0.25) is 0 Å². The normalized spacial score (nSPS) is 14.2. The van der Waals surface area contributed by atoms with Crippen LogP contribution in [0.5, 0.6) is 0 Å². The average Bonchev–Trinajstić information content (AvgIpc) is 3.30. The minimum absolute atomic E-state index is 0.140. The summed E-state index contributed by atoms with van der Waals surface area (Å²) in [7, 11) is 0. The van der Waals surface area contributed by atoms with Gasteiger partial charge in [0.25, 0.3) is 11.5 Å². The number of aromatic amines is 1. The largest absolute Gasteiger partial charge is 0.456 e. The second kappa shape index (κ2) is 8.02. The average molecular weight is 416 g/mol. The van der Waals surface area contributed by atoms with Gasteiger partial charge in [0.15, 0.2) is 5.76 Å². The van der Waals surface area contributed by atoms with Crippen LogP contribution in [0.15, 0.2) is 64.1 Å². The predicted octanol–water partition coefficient (Wildman–Crippen LogP) is 1.86. The molecule has 9 nitrogen and oxygen atoms in total. The fraction of sp³-hybridized carbons (Fsp3) is 0.227. The van der Waals surface area contributed by atoms with E-state index in [1.165, 1.54) is 0 Å². The number of piperazine rings is 1. The van der Waals surface area contributed by atoms with Crippen LogP contribution in [0.3, 0.4) is 0 Å². The summed E-state index contributed by atoms with van der Waals surface area (Å²) in [6.45, 7) is 2.46. The summed E-state index contributed by atoms with van der Waals surface area (Å²) >= 11 is 0. The summed E-state index contributed by atoms with van der Waals surface area (Å²) in [6.07, 6.45) is 3.80. The van der Waals surface area contributed by atoms with E-state index in [1.54, 1.807) is 41.6 Å². The number of aromatic nitrogens is 4. The summed E-state index contributed by atoms with van der Waals surface area (Å²) in [5.74, 6) is 1.45. The van der Waals surface area contributed by atoms with Crippen molar-refractivity contribution in [2.45, 2.75) is 6.42 Å². The van der Waals surface area contributed by atoms with Gasteiger partial charge >= 0.3 is 0 Å². The highest BCUT2D eigenvalue weighted by atomic mass is 16.4. The van der Waals surface area contributed by atoms with Crippen LogP contribution in [0, 0.1) is 0 Å². The van der Waals surface area contributed by atoms with E-state index >= 15 is 0 Å². The smallest absolute Gasteiger partial charge is 0.289 e. The molecule has 1 aromatic carbocycles. The lowest BCUT2D eigenvalue weighted by atomic mass is 10.1. The van der Waals surface area contributed by atoms with Crippen LogP contribution in [-0.4, -0.2) is 57.2 Å². The molecule has 156 valence electrons. The molecule has 0 spiro atoms. The molecule has 0 bridgehead atoms. The third-order valence-electron chi connectivity index (χ3n) is 5.39. The van der Waals surface area contributed by atoms with Gasteiger partial charge in [0.05, 0.1) is 17.5 Å². The summed E-state index contributed by atoms with van der Waals surface area (Å²) in [4.78, 5) is 37.2. The number of fused-ring (bicyclic) bond motifs is 1. The molecule has 9 heteroatoms. The molecule has 1 aliphatic rings. The Bertz CT molecular complexity index is 1280. The lowest BCUT2D eigenvalue weighted by Crippen LogP contribution is -2.49. The maximum absolute atomic E-state index is 12.9. The topological polar surface area (TPSA) is 108 Å². The Hall–Kier alpha value is -4.01. The number of anilines is 1. The number of carbonyl (C=O) groups excluding carboxylic acids is 1. The molecule has 0 radical (unpaired) electrons. The molecule has 0 unspecified atom stereocenters. The summed E-state index contributed by atoms with van der Waals surface area (Å²) in [5.41, 5.74) is 0.467. The van der Waals surface area contributed by atoms with Gasteiger partial charge < -0.3 is 14.2 Å². The molecule has 4 aromatic rings. The van der Waals surface area contributed by atoms with Crippen molar-refractivity contribution in [2.24, 2.45) is 0 Å². The molecule has 31 heavy (non-hydrogen) atoms. The van der Waals surface area contributed by atoms with Crippen LogP contribution >= 0.6 is 0 Å². The quantitative estimate of drug-likeness (QED) is 0.541. The number of furan rings is 1. The van der Waals surface area contributed by atoms with Crippen molar-refractivity contribution in [3.63, 3.8) is 0 Å². The van der Waals surface area contributed by atoms with Crippen molar-refractivity contribution < 1.29 is 9.21 Å². The number of benzene rings is 1. The third-order valence-corrected chi connectivity index (χ3v) is 5.39. The van der Waals surface area contributed by atoms with Gasteiger partial charge in [-0.05, 0) is 24.3 Å². The lowest BCUT2D eigenvalue weighted by Gasteiger charge is -2.34. The Kier molecular flexibility index (Phi) is 4.91. The monoisotopic (exact) mass is 416 g/mol. The molecule has 0 saturated carbocycles. The van der Waals surface area contributed by atoms with Crippen LogP contribution in [-0.2, 0) is 6.42 Å². The van der Waals surface area contributed by atoms with E-state index in [4.69, 9.17) is 4.42 Å². The van der Waals surface area contributed by atoms with E-state index in [2.05, 4.69) is 25.1 Å². The second-order valence-electron chi connectivity index (χ2n) is 7.32. The van der Waals surface area contributed by atoms with E-state index < -0.39 is 0 Å². The number of carbonyl (C=O) groups is 1. The number of rotatable bonds is 4. The van der Waals surface area contributed by atoms with Gasteiger partial charge in [0, 0.05) is 44.0 Å². The fourth-order valence-electron chi connectivity index (χ4n) is 3.78. The van der Waals surface area contributed by atoms with Gasteiger partial charge in [-0.1, -0.05) is 18.2 Å². The van der Waals surface area contributed by atoms with Crippen molar-refractivity contribution >= 4 is 22.6 Å². The Balaban J connectivity index is 1.28. The van der Waals surface area contributed by atoms with Gasteiger partial charge in [-0.15, -0.1) is 0 Å². The molecule has 0 aliphatic carbocycles. The summed E-state index contributed by atoms with van der Waals surface area (Å²) in [5, 5.41) is 8.05. The number of nitrogens with one attached hydrogen (secondary N) is 1. The van der Waals surface area contributed by atoms with Gasteiger partial charge in [-0.25, -0.2) is 15.1 Å². The molecule has 1 amide bonds. The van der Waals surface area contributed by atoms with Gasteiger partial charge in [-0.3, -0.25) is 9.59 Å². The first-order chi connectivity index (χ1) is 15.2. The van der Waals surface area contributed by atoms with Crippen LogP contribution < -0.4 is 10.5 Å². The van der Waals surface area contributed by atoms with Crippen LogP contribution in [0.4, 0.5) is 5.95 Å². The van der Waals surface area contributed by atoms with Gasteiger partial charge in [-0.2, -0.15) is 5.10 Å². The molecular weight excluding hydrogens is 396 g/mol. The molecule has 3 aromatic heterocycles. The number of H-pyrrole nitrogens is 1. The molecule has 0 atom stereocenters. The first-order valence-corrected chi connectivity index (χ1v) is 10.1. The SMILES string of the molecule is O=C(c1ccc(Cc2n[nH]c(=O)c3ccccc23)o1)N1CCN(c2ncccn2)CC1. The number of hydrogen-bond donors (Lipinski definition) is 1. The fourth-order valence-corrected chi connectivity index (χ4v) is 3.78. The zero-order valence-corrected chi connectivity index (χ0v) is 16.7. The third kappa shape index (κ3) is 3.77. The van der Waals surface area contributed by atoms with E-state index in [-0.39, 0.29) is 11.5 Å². The zero-order valence-electron chi connectivity index (χ0n) is 16.7. The minimum Gasteiger partial charge on any atom is -0.456 e. The Morgan fingerprint density at radius 2 is 1.71 bits per heavy atom. The molecule has 1 aliphatic heterocycles. The van der Waals surface area contributed by atoms with E-state index in [0.717, 1.165) is 5.39 Å². The highest BCUT2D eigenvalue weighted by Gasteiger charge is 2.25. The molecule has 5 rings (SSSR count). The number of amides is 1. The number of hydrogen-bond acceptors (Lipinski definition) is 7.